The largest absolute Gasteiger partial charge is 0.297 e. The van der Waals surface area contributed by atoms with E-state index >= 15 is 0 Å². The summed E-state index contributed by atoms with van der Waals surface area (Å²) in [4.78, 5) is 4.97. The zero-order chi connectivity index (χ0) is 15.9. The van der Waals surface area contributed by atoms with Crippen LogP contribution >= 0.6 is 0 Å². The number of nitrogens with zero attached hydrogens (tertiary/aromatic N) is 6. The van der Waals surface area contributed by atoms with Crippen molar-refractivity contribution < 1.29 is 0 Å². The van der Waals surface area contributed by atoms with E-state index in [1.807, 2.05) is 4.68 Å². The topological polar surface area (TPSA) is 50.1 Å². The highest BCUT2D eigenvalue weighted by Gasteiger charge is 2.19. The second-order valence-electron chi connectivity index (χ2n) is 6.21. The fourth-order valence-electron chi connectivity index (χ4n) is 2.97. The Bertz CT molecular complexity index is 574. The minimum atomic E-state index is 0.857. The van der Waals surface area contributed by atoms with Gasteiger partial charge in [0.25, 0.3) is 0 Å². The molecule has 0 saturated carbocycles. The predicted octanol–water partition coefficient (Wildman–Crippen LogP) is 1.79. The van der Waals surface area contributed by atoms with Crippen molar-refractivity contribution >= 4 is 0 Å². The molecule has 0 amide bonds. The normalized spacial score (nSPS) is 16.7. The van der Waals surface area contributed by atoms with Gasteiger partial charge in [-0.05, 0) is 22.4 Å². The molecule has 6 heteroatoms. The molecule has 0 spiro atoms. The molecular formula is C17H26N6. The van der Waals surface area contributed by atoms with Crippen molar-refractivity contribution in [3.05, 3.63) is 41.7 Å². The van der Waals surface area contributed by atoms with Crippen LogP contribution < -0.4 is 0 Å². The Morgan fingerprint density at radius 3 is 2.35 bits per heavy atom. The lowest BCUT2D eigenvalue weighted by Gasteiger charge is -2.34. The van der Waals surface area contributed by atoms with E-state index in [1.54, 1.807) is 0 Å². The molecule has 1 fully saturated rings. The Balaban J connectivity index is 1.47. The van der Waals surface area contributed by atoms with Crippen LogP contribution in [0.25, 0.3) is 0 Å². The molecule has 0 bridgehead atoms. The Labute approximate surface area is 138 Å². The number of aromatic nitrogens is 4. The molecule has 1 aliphatic heterocycles. The lowest BCUT2D eigenvalue weighted by Crippen LogP contribution is -2.45. The SMILES string of the molecule is CCCCn1nnnc1CN1CCN(Cc2ccccc2)CC1. The maximum Gasteiger partial charge on any atom is 0.165 e. The van der Waals surface area contributed by atoms with Gasteiger partial charge in [-0.25, -0.2) is 4.68 Å². The summed E-state index contributed by atoms with van der Waals surface area (Å²) in [6, 6.07) is 10.7. The summed E-state index contributed by atoms with van der Waals surface area (Å²) >= 11 is 0. The number of hydrogen-bond donors (Lipinski definition) is 0. The van der Waals surface area contributed by atoms with Gasteiger partial charge in [0.1, 0.15) is 0 Å². The molecule has 0 atom stereocenters. The van der Waals surface area contributed by atoms with Gasteiger partial charge in [0, 0.05) is 39.3 Å². The van der Waals surface area contributed by atoms with Crippen LogP contribution in [0.15, 0.2) is 30.3 Å². The quantitative estimate of drug-likeness (QED) is 0.780. The molecule has 124 valence electrons. The standard InChI is InChI=1S/C17H26N6/c1-2-3-9-23-17(18-19-20-23)15-22-12-10-21(11-13-22)14-16-7-5-4-6-8-16/h4-8H,2-3,9-15H2,1H3. The molecular weight excluding hydrogens is 288 g/mol. The highest BCUT2D eigenvalue weighted by Crippen LogP contribution is 2.10. The van der Waals surface area contributed by atoms with Crippen LogP contribution in [0.4, 0.5) is 0 Å². The minimum Gasteiger partial charge on any atom is -0.297 e. The van der Waals surface area contributed by atoms with Gasteiger partial charge in [-0.15, -0.1) is 5.10 Å². The number of unbranched alkanes of at least 4 members (excludes halogenated alkanes) is 1. The van der Waals surface area contributed by atoms with E-state index in [1.165, 1.54) is 5.56 Å². The number of rotatable bonds is 7. The van der Waals surface area contributed by atoms with Crippen molar-refractivity contribution in [3.63, 3.8) is 0 Å². The third-order valence-corrected chi connectivity index (χ3v) is 4.41. The van der Waals surface area contributed by atoms with Crippen LogP contribution in [0.2, 0.25) is 0 Å². The molecule has 6 nitrogen and oxygen atoms in total. The summed E-state index contributed by atoms with van der Waals surface area (Å²) in [6.07, 6.45) is 2.29. The first-order valence-corrected chi connectivity index (χ1v) is 8.59. The molecule has 0 aliphatic carbocycles. The first-order valence-electron chi connectivity index (χ1n) is 8.59. The number of hydrogen-bond acceptors (Lipinski definition) is 5. The molecule has 1 aliphatic rings. The number of piperazine rings is 1. The maximum absolute atomic E-state index is 4.20. The molecule has 1 aromatic carbocycles. The van der Waals surface area contributed by atoms with E-state index in [0.717, 1.165) is 64.5 Å². The smallest absolute Gasteiger partial charge is 0.165 e. The third kappa shape index (κ3) is 4.59. The van der Waals surface area contributed by atoms with Crippen molar-refractivity contribution in [2.45, 2.75) is 39.4 Å². The van der Waals surface area contributed by atoms with E-state index < -0.39 is 0 Å². The first-order chi connectivity index (χ1) is 11.3. The Morgan fingerprint density at radius 1 is 0.957 bits per heavy atom. The summed E-state index contributed by atoms with van der Waals surface area (Å²) in [5.41, 5.74) is 1.39. The van der Waals surface area contributed by atoms with Gasteiger partial charge in [-0.1, -0.05) is 43.7 Å². The summed E-state index contributed by atoms with van der Waals surface area (Å²) in [5.74, 6) is 0.995. The van der Waals surface area contributed by atoms with Crippen LogP contribution in [0.1, 0.15) is 31.2 Å². The zero-order valence-electron chi connectivity index (χ0n) is 13.9. The fourth-order valence-corrected chi connectivity index (χ4v) is 2.97. The van der Waals surface area contributed by atoms with E-state index in [0.29, 0.717) is 0 Å². The summed E-state index contributed by atoms with van der Waals surface area (Å²) in [6.45, 7) is 9.37. The molecule has 1 saturated heterocycles. The molecule has 0 unspecified atom stereocenters. The number of aryl methyl sites for hydroxylation is 1. The van der Waals surface area contributed by atoms with Gasteiger partial charge in [0.2, 0.25) is 0 Å². The minimum absolute atomic E-state index is 0.857. The lowest BCUT2D eigenvalue weighted by molar-refractivity contribution is 0.118. The molecule has 0 N–H and O–H groups in total. The molecule has 2 heterocycles. The van der Waals surface area contributed by atoms with Crippen molar-refractivity contribution in [3.8, 4) is 0 Å². The summed E-state index contributed by atoms with van der Waals surface area (Å²) in [7, 11) is 0. The summed E-state index contributed by atoms with van der Waals surface area (Å²) in [5, 5.41) is 12.1. The van der Waals surface area contributed by atoms with Gasteiger partial charge in [-0.3, -0.25) is 9.80 Å². The second-order valence-corrected chi connectivity index (χ2v) is 6.21. The molecule has 23 heavy (non-hydrogen) atoms. The highest BCUT2D eigenvalue weighted by atomic mass is 15.5. The van der Waals surface area contributed by atoms with Crippen LogP contribution in [0, 0.1) is 0 Å². The number of benzene rings is 1. The monoisotopic (exact) mass is 314 g/mol. The fraction of sp³-hybridized carbons (Fsp3) is 0.588. The Kier molecular flexibility index (Phi) is 5.71. The van der Waals surface area contributed by atoms with Crippen molar-refractivity contribution in [2.75, 3.05) is 26.2 Å². The van der Waals surface area contributed by atoms with E-state index in [-0.39, 0.29) is 0 Å². The van der Waals surface area contributed by atoms with Crippen LogP contribution in [0.5, 0.6) is 0 Å². The van der Waals surface area contributed by atoms with E-state index in [2.05, 4.69) is 62.6 Å². The highest BCUT2D eigenvalue weighted by molar-refractivity contribution is 5.14. The van der Waals surface area contributed by atoms with E-state index in [9.17, 15) is 0 Å². The van der Waals surface area contributed by atoms with Crippen molar-refractivity contribution in [2.24, 2.45) is 0 Å². The summed E-state index contributed by atoms with van der Waals surface area (Å²) < 4.78 is 1.96. The zero-order valence-corrected chi connectivity index (χ0v) is 13.9. The Morgan fingerprint density at radius 2 is 1.65 bits per heavy atom. The van der Waals surface area contributed by atoms with Crippen LogP contribution in [-0.4, -0.2) is 56.2 Å². The van der Waals surface area contributed by atoms with Gasteiger partial charge >= 0.3 is 0 Å². The average Bonchev–Trinajstić information content (AvgIpc) is 3.03. The van der Waals surface area contributed by atoms with Gasteiger partial charge in [0.15, 0.2) is 5.82 Å². The van der Waals surface area contributed by atoms with E-state index in [4.69, 9.17) is 0 Å². The van der Waals surface area contributed by atoms with Gasteiger partial charge in [0.05, 0.1) is 6.54 Å². The van der Waals surface area contributed by atoms with Gasteiger partial charge in [-0.2, -0.15) is 0 Å². The molecule has 2 aromatic rings. The average molecular weight is 314 g/mol. The lowest BCUT2D eigenvalue weighted by atomic mass is 10.2. The van der Waals surface area contributed by atoms with Crippen molar-refractivity contribution in [1.29, 1.82) is 0 Å². The second kappa shape index (κ2) is 8.17. The van der Waals surface area contributed by atoms with Crippen LogP contribution in [0.3, 0.4) is 0 Å². The number of tetrazole rings is 1. The molecule has 3 rings (SSSR count). The predicted molar refractivity (Wildman–Crippen MR) is 89.7 cm³/mol. The maximum atomic E-state index is 4.20. The molecule has 1 aromatic heterocycles. The molecule has 0 radical (unpaired) electrons. The van der Waals surface area contributed by atoms with Gasteiger partial charge < -0.3 is 0 Å². The third-order valence-electron chi connectivity index (χ3n) is 4.41. The Hall–Kier alpha value is -1.79. The van der Waals surface area contributed by atoms with Crippen LogP contribution in [-0.2, 0) is 19.6 Å². The van der Waals surface area contributed by atoms with Crippen molar-refractivity contribution in [1.82, 2.24) is 30.0 Å². The first kappa shape index (κ1) is 16.1.